The Morgan fingerprint density at radius 2 is 0.613 bits per heavy atom. The van der Waals surface area contributed by atoms with Crippen molar-refractivity contribution in [2.24, 2.45) is 0 Å². The zero-order valence-electron chi connectivity index (χ0n) is 12.9. The van der Waals surface area contributed by atoms with Crippen molar-refractivity contribution in [2.75, 3.05) is 0 Å². The lowest BCUT2D eigenvalue weighted by molar-refractivity contribution is -0.610. The molecule has 0 fully saturated rings. The normalized spacial score (nSPS) is 16.6. The monoisotopic (exact) mass is 518 g/mol. The van der Waals surface area contributed by atoms with Gasteiger partial charge in [0.25, 0.3) is 0 Å². The second kappa shape index (κ2) is 7.28. The SMILES string of the molecule is OOOC(C(F)(F)F)(C(F)(F)F)C(F)(F)C(F)(F)C(F)(F)C(F)(F)C(F)(F)C(F)(F)F. The van der Waals surface area contributed by atoms with Gasteiger partial charge in [0.1, 0.15) is 0 Å². The molecule has 0 saturated heterocycles. The maximum atomic E-state index is 13.6. The van der Waals surface area contributed by atoms with Gasteiger partial charge in [-0.1, -0.05) is 5.04 Å². The largest absolute Gasteiger partial charge is 0.460 e. The number of rotatable bonds is 7. The lowest BCUT2D eigenvalue weighted by Crippen LogP contribution is -2.79. The van der Waals surface area contributed by atoms with Crippen LogP contribution in [0.25, 0.3) is 0 Å². The van der Waals surface area contributed by atoms with Crippen LogP contribution in [0, 0.1) is 0 Å². The molecule has 0 aromatic carbocycles. The highest BCUT2D eigenvalue weighted by Crippen LogP contribution is 2.66. The van der Waals surface area contributed by atoms with Gasteiger partial charge in [-0.05, 0) is 0 Å². The summed E-state index contributed by atoms with van der Waals surface area (Å²) in [7, 11) is 0. The highest BCUT2D eigenvalue weighted by Gasteiger charge is 2.99. The molecule has 0 aromatic heterocycles. The first-order valence-corrected chi connectivity index (χ1v) is 6.14. The zero-order chi connectivity index (χ0) is 25.9. The van der Waals surface area contributed by atoms with Crippen molar-refractivity contribution in [2.45, 2.75) is 53.7 Å². The van der Waals surface area contributed by atoms with Gasteiger partial charge >= 0.3 is 53.7 Å². The van der Waals surface area contributed by atoms with Gasteiger partial charge in [-0.2, -0.15) is 88.3 Å². The lowest BCUT2D eigenvalue weighted by atomic mass is 9.83. The molecule has 0 aliphatic carbocycles. The Morgan fingerprint density at radius 3 is 0.839 bits per heavy atom. The predicted octanol–water partition coefficient (Wildman–Crippen LogP) is 6.01. The van der Waals surface area contributed by atoms with E-state index < -0.39 is 53.7 Å². The highest BCUT2D eigenvalue weighted by molar-refractivity contribution is 5.18. The van der Waals surface area contributed by atoms with Crippen molar-refractivity contribution < 1.29 is 98.6 Å². The van der Waals surface area contributed by atoms with Crippen LogP contribution in [0.5, 0.6) is 0 Å². The van der Waals surface area contributed by atoms with Gasteiger partial charge in [0.15, 0.2) is 0 Å². The van der Waals surface area contributed by atoms with Gasteiger partial charge in [0.05, 0.1) is 0 Å². The molecule has 0 bridgehead atoms. The molecule has 188 valence electrons. The van der Waals surface area contributed by atoms with Gasteiger partial charge in [-0.15, -0.1) is 0 Å². The van der Waals surface area contributed by atoms with Gasteiger partial charge in [0.2, 0.25) is 0 Å². The van der Waals surface area contributed by atoms with Crippen LogP contribution in [0.4, 0.5) is 83.4 Å². The van der Waals surface area contributed by atoms with Crippen molar-refractivity contribution in [3.63, 3.8) is 0 Å². The molecule has 0 spiro atoms. The van der Waals surface area contributed by atoms with E-state index in [1.165, 1.54) is 0 Å². The van der Waals surface area contributed by atoms with Crippen molar-refractivity contribution in [3.05, 3.63) is 0 Å². The van der Waals surface area contributed by atoms with E-state index in [0.29, 0.717) is 0 Å². The Bertz CT molecular complexity index is 625. The summed E-state index contributed by atoms with van der Waals surface area (Å²) in [6, 6.07) is 0. The number of alkyl halides is 19. The maximum Gasteiger partial charge on any atom is 0.460 e. The van der Waals surface area contributed by atoms with E-state index in [1.54, 1.807) is 9.93 Å². The van der Waals surface area contributed by atoms with Crippen LogP contribution in [0.3, 0.4) is 0 Å². The number of hydrogen-bond donors (Lipinski definition) is 1. The minimum absolute atomic E-state index is 1.55. The van der Waals surface area contributed by atoms with Gasteiger partial charge < -0.3 is 0 Å². The van der Waals surface area contributed by atoms with Gasteiger partial charge in [0, 0.05) is 0 Å². The second-order valence-corrected chi connectivity index (χ2v) is 5.20. The van der Waals surface area contributed by atoms with Crippen molar-refractivity contribution in [1.82, 2.24) is 0 Å². The Balaban J connectivity index is 7.28. The van der Waals surface area contributed by atoms with E-state index in [2.05, 4.69) is 0 Å². The van der Waals surface area contributed by atoms with Crippen molar-refractivity contribution in [3.8, 4) is 0 Å². The van der Waals surface area contributed by atoms with Crippen LogP contribution in [0.15, 0.2) is 0 Å². The molecular weight excluding hydrogens is 517 g/mol. The van der Waals surface area contributed by atoms with Gasteiger partial charge in [-0.3, -0.25) is 0 Å². The smallest absolute Gasteiger partial charge is 0.221 e. The summed E-state index contributed by atoms with van der Waals surface area (Å²) >= 11 is 0. The van der Waals surface area contributed by atoms with Crippen molar-refractivity contribution in [1.29, 1.82) is 0 Å². The average Bonchev–Trinajstić information content (AvgIpc) is 2.47. The first-order chi connectivity index (χ1) is 13.1. The fraction of sp³-hybridized carbons (Fsp3) is 1.00. The van der Waals surface area contributed by atoms with Crippen LogP contribution in [-0.2, 0) is 9.93 Å². The van der Waals surface area contributed by atoms with E-state index in [9.17, 15) is 83.4 Å². The molecule has 1 N–H and O–H groups in total. The number of hydrogen-bond acceptors (Lipinski definition) is 3. The molecule has 0 rings (SSSR count). The van der Waals surface area contributed by atoms with Crippen LogP contribution in [0.2, 0.25) is 0 Å². The third-order valence-electron chi connectivity index (χ3n) is 3.34. The second-order valence-electron chi connectivity index (χ2n) is 5.20. The van der Waals surface area contributed by atoms with E-state index in [1.807, 2.05) is 0 Å². The van der Waals surface area contributed by atoms with Gasteiger partial charge in [-0.25, -0.2) is 5.26 Å². The Labute approximate surface area is 154 Å². The van der Waals surface area contributed by atoms with Crippen LogP contribution in [0.1, 0.15) is 0 Å². The lowest BCUT2D eigenvalue weighted by Gasteiger charge is -2.45. The molecule has 22 heteroatoms. The molecule has 31 heavy (non-hydrogen) atoms. The molecule has 0 unspecified atom stereocenters. The summed E-state index contributed by atoms with van der Waals surface area (Å²) in [5, 5.41) is 9.00. The third kappa shape index (κ3) is 3.62. The van der Waals surface area contributed by atoms with Crippen LogP contribution in [-0.4, -0.2) is 59.0 Å². The van der Waals surface area contributed by atoms with E-state index >= 15 is 0 Å². The summed E-state index contributed by atoms with van der Waals surface area (Å²) < 4.78 is 242. The van der Waals surface area contributed by atoms with Crippen molar-refractivity contribution >= 4 is 0 Å². The highest BCUT2D eigenvalue weighted by atomic mass is 19.4. The molecule has 0 aliphatic heterocycles. The summed E-state index contributed by atoms with van der Waals surface area (Å²) in [5.74, 6) is -44.1. The summed E-state index contributed by atoms with van der Waals surface area (Å²) in [4.78, 5) is 1.56. The Kier molecular flexibility index (Phi) is 6.94. The van der Waals surface area contributed by atoms with E-state index in [4.69, 9.17) is 5.26 Å². The van der Waals surface area contributed by atoms with E-state index in [-0.39, 0.29) is 0 Å². The fourth-order valence-corrected chi connectivity index (χ4v) is 1.71. The minimum Gasteiger partial charge on any atom is -0.221 e. The molecule has 0 amide bonds. The summed E-state index contributed by atoms with van der Waals surface area (Å²) in [6.45, 7) is 0. The quantitative estimate of drug-likeness (QED) is 0.255. The minimum atomic E-state index is -9.05. The first kappa shape index (κ1) is 29.5. The first-order valence-electron chi connectivity index (χ1n) is 6.14. The topological polar surface area (TPSA) is 38.7 Å². The van der Waals surface area contributed by atoms with Crippen LogP contribution >= 0.6 is 0 Å². The average molecular weight is 518 g/mol. The molecule has 0 saturated carbocycles. The predicted molar refractivity (Wildman–Crippen MR) is 50.4 cm³/mol. The Morgan fingerprint density at radius 1 is 0.355 bits per heavy atom. The maximum absolute atomic E-state index is 13.6. The Hall–Kier alpha value is -1.45. The molecule has 0 atom stereocenters. The zero-order valence-corrected chi connectivity index (χ0v) is 12.9. The summed E-state index contributed by atoms with van der Waals surface area (Å²) in [6.07, 6.45) is -24.3. The molecule has 0 aliphatic rings. The summed E-state index contributed by atoms with van der Waals surface area (Å²) in [5.41, 5.74) is -8.21. The third-order valence-corrected chi connectivity index (χ3v) is 3.34. The molecule has 0 heterocycles. The number of halogens is 19. The molecule has 0 aromatic rings. The fourth-order valence-electron chi connectivity index (χ4n) is 1.71. The van der Waals surface area contributed by atoms with E-state index in [0.717, 1.165) is 0 Å². The molecular formula is C9HF19O3. The van der Waals surface area contributed by atoms with Crippen LogP contribution < -0.4 is 0 Å². The standard InChI is InChI=1S/C9HF19O3/c10-2(11,1(30-31-29,7(20,21)22)8(23,24)25)3(12,13)4(14,15)5(16,17)6(18,19)9(26,27)28/h29H. The molecule has 3 nitrogen and oxygen atoms in total. The molecule has 0 radical (unpaired) electrons.